The van der Waals surface area contributed by atoms with E-state index in [1.54, 1.807) is 36.4 Å². The fraction of sp³-hybridized carbons (Fsp3) is 0. The molecule has 19 heavy (non-hydrogen) atoms. The van der Waals surface area contributed by atoms with Crippen LogP contribution in [-0.4, -0.2) is 5.78 Å². The van der Waals surface area contributed by atoms with E-state index in [2.05, 4.69) is 15.9 Å². The summed E-state index contributed by atoms with van der Waals surface area (Å²) in [7, 11) is 0. The molecule has 0 atom stereocenters. The first-order chi connectivity index (χ1) is 9.08. The van der Waals surface area contributed by atoms with Crippen molar-refractivity contribution in [2.24, 2.45) is 0 Å². The van der Waals surface area contributed by atoms with E-state index in [4.69, 9.17) is 23.2 Å². The molecule has 0 N–H and O–H groups in total. The Morgan fingerprint density at radius 3 is 2.32 bits per heavy atom. The summed E-state index contributed by atoms with van der Waals surface area (Å²) in [5, 5.41) is 1.04. The van der Waals surface area contributed by atoms with Crippen LogP contribution in [0.1, 0.15) is 15.9 Å². The maximum atomic E-state index is 12.0. The number of carbonyl (C=O) groups excluding carboxylic acids is 1. The van der Waals surface area contributed by atoms with Crippen molar-refractivity contribution in [3.8, 4) is 0 Å². The van der Waals surface area contributed by atoms with Crippen LogP contribution >= 0.6 is 39.1 Å². The van der Waals surface area contributed by atoms with Gasteiger partial charge in [-0.15, -0.1) is 0 Å². The SMILES string of the molecule is O=C(/C=C/c1c(Cl)cccc1Cl)c1cccc(Br)c1. The first kappa shape index (κ1) is 14.3. The molecule has 2 aromatic carbocycles. The van der Waals surface area contributed by atoms with Gasteiger partial charge in [0, 0.05) is 25.6 Å². The van der Waals surface area contributed by atoms with Crippen molar-refractivity contribution in [3.63, 3.8) is 0 Å². The largest absolute Gasteiger partial charge is 0.289 e. The molecule has 0 aliphatic rings. The zero-order chi connectivity index (χ0) is 13.8. The number of rotatable bonds is 3. The second-order valence-corrected chi connectivity index (χ2v) is 5.57. The minimum Gasteiger partial charge on any atom is -0.289 e. The van der Waals surface area contributed by atoms with Crippen LogP contribution < -0.4 is 0 Å². The molecule has 0 saturated carbocycles. The van der Waals surface area contributed by atoms with Crippen LogP contribution in [0.15, 0.2) is 53.0 Å². The van der Waals surface area contributed by atoms with Gasteiger partial charge in [0.05, 0.1) is 0 Å². The van der Waals surface area contributed by atoms with Crippen LogP contribution in [0.25, 0.3) is 6.08 Å². The van der Waals surface area contributed by atoms with E-state index in [0.29, 0.717) is 21.2 Å². The lowest BCUT2D eigenvalue weighted by Gasteiger charge is -2.01. The van der Waals surface area contributed by atoms with Gasteiger partial charge in [0.2, 0.25) is 0 Å². The lowest BCUT2D eigenvalue weighted by molar-refractivity contribution is 0.104. The molecule has 0 saturated heterocycles. The van der Waals surface area contributed by atoms with Crippen molar-refractivity contribution < 1.29 is 4.79 Å². The van der Waals surface area contributed by atoms with Crippen LogP contribution in [0.5, 0.6) is 0 Å². The Balaban J connectivity index is 2.26. The molecule has 0 amide bonds. The molecule has 0 unspecified atom stereocenters. The second-order valence-electron chi connectivity index (χ2n) is 3.84. The minimum absolute atomic E-state index is 0.0997. The second kappa shape index (κ2) is 6.38. The first-order valence-corrected chi connectivity index (χ1v) is 7.05. The quantitative estimate of drug-likeness (QED) is 0.513. The van der Waals surface area contributed by atoms with E-state index in [1.165, 1.54) is 6.08 Å². The van der Waals surface area contributed by atoms with Gasteiger partial charge in [0.15, 0.2) is 5.78 Å². The van der Waals surface area contributed by atoms with Gasteiger partial charge in [-0.25, -0.2) is 0 Å². The van der Waals surface area contributed by atoms with Gasteiger partial charge < -0.3 is 0 Å². The highest BCUT2D eigenvalue weighted by Gasteiger charge is 2.04. The van der Waals surface area contributed by atoms with E-state index < -0.39 is 0 Å². The number of carbonyl (C=O) groups is 1. The van der Waals surface area contributed by atoms with Crippen LogP contribution in [0, 0.1) is 0 Å². The molecule has 0 aliphatic heterocycles. The first-order valence-electron chi connectivity index (χ1n) is 5.50. The third-order valence-electron chi connectivity index (χ3n) is 2.51. The van der Waals surface area contributed by atoms with Gasteiger partial charge in [0.25, 0.3) is 0 Å². The van der Waals surface area contributed by atoms with E-state index >= 15 is 0 Å². The minimum atomic E-state index is -0.0997. The number of halogens is 3. The molecule has 4 heteroatoms. The number of hydrogen-bond acceptors (Lipinski definition) is 1. The zero-order valence-corrected chi connectivity index (χ0v) is 12.8. The molecule has 0 radical (unpaired) electrons. The summed E-state index contributed by atoms with van der Waals surface area (Å²) >= 11 is 15.4. The molecular weight excluding hydrogens is 347 g/mol. The molecule has 2 rings (SSSR count). The third kappa shape index (κ3) is 3.69. The van der Waals surface area contributed by atoms with E-state index in [0.717, 1.165) is 4.47 Å². The highest BCUT2D eigenvalue weighted by atomic mass is 79.9. The number of ketones is 1. The Labute approximate surface area is 130 Å². The van der Waals surface area contributed by atoms with Crippen molar-refractivity contribution in [2.45, 2.75) is 0 Å². The molecule has 2 aromatic rings. The maximum Gasteiger partial charge on any atom is 0.185 e. The van der Waals surface area contributed by atoms with Gasteiger partial charge >= 0.3 is 0 Å². The van der Waals surface area contributed by atoms with E-state index in [1.807, 2.05) is 12.1 Å². The zero-order valence-electron chi connectivity index (χ0n) is 9.74. The standard InChI is InChI=1S/C15H9BrCl2O/c16-11-4-1-3-10(9-11)15(19)8-7-12-13(17)5-2-6-14(12)18/h1-9H/b8-7+. The van der Waals surface area contributed by atoms with Crippen molar-refractivity contribution >= 4 is 51.0 Å². The Kier molecular flexibility index (Phi) is 4.81. The average molecular weight is 356 g/mol. The van der Waals surface area contributed by atoms with Gasteiger partial charge in [-0.3, -0.25) is 4.79 Å². The Morgan fingerprint density at radius 1 is 1.05 bits per heavy atom. The summed E-state index contributed by atoms with van der Waals surface area (Å²) in [4.78, 5) is 12.0. The molecule has 0 bridgehead atoms. The monoisotopic (exact) mass is 354 g/mol. The average Bonchev–Trinajstić information content (AvgIpc) is 2.38. The molecule has 0 fully saturated rings. The maximum absolute atomic E-state index is 12.0. The number of allylic oxidation sites excluding steroid dienone is 1. The summed E-state index contributed by atoms with van der Waals surface area (Å²) < 4.78 is 0.863. The summed E-state index contributed by atoms with van der Waals surface area (Å²) in [6.45, 7) is 0. The summed E-state index contributed by atoms with van der Waals surface area (Å²) in [6.07, 6.45) is 3.10. The van der Waals surface area contributed by atoms with E-state index in [-0.39, 0.29) is 5.78 Å². The van der Waals surface area contributed by atoms with Crippen LogP contribution in [0.4, 0.5) is 0 Å². The highest BCUT2D eigenvalue weighted by Crippen LogP contribution is 2.25. The van der Waals surface area contributed by atoms with Crippen LogP contribution in [-0.2, 0) is 0 Å². The van der Waals surface area contributed by atoms with Crippen molar-refractivity contribution in [1.82, 2.24) is 0 Å². The lowest BCUT2D eigenvalue weighted by atomic mass is 10.1. The van der Waals surface area contributed by atoms with Crippen molar-refractivity contribution in [1.29, 1.82) is 0 Å². The summed E-state index contributed by atoms with van der Waals surface area (Å²) in [5.74, 6) is -0.0997. The topological polar surface area (TPSA) is 17.1 Å². The predicted molar refractivity (Wildman–Crippen MR) is 84.0 cm³/mol. The fourth-order valence-electron chi connectivity index (χ4n) is 1.57. The Bertz CT molecular complexity index is 630. The number of benzene rings is 2. The molecule has 0 aromatic heterocycles. The molecule has 0 spiro atoms. The van der Waals surface area contributed by atoms with Gasteiger partial charge in [-0.2, -0.15) is 0 Å². The Morgan fingerprint density at radius 2 is 1.68 bits per heavy atom. The Hall–Kier alpha value is -1.09. The molecule has 0 aliphatic carbocycles. The van der Waals surface area contributed by atoms with Gasteiger partial charge in [0.1, 0.15) is 0 Å². The smallest absolute Gasteiger partial charge is 0.185 e. The van der Waals surface area contributed by atoms with Crippen LogP contribution in [0.3, 0.4) is 0 Å². The number of hydrogen-bond donors (Lipinski definition) is 0. The van der Waals surface area contributed by atoms with Crippen molar-refractivity contribution in [3.05, 3.63) is 74.2 Å². The molecule has 1 nitrogen and oxygen atoms in total. The molecule has 0 heterocycles. The third-order valence-corrected chi connectivity index (χ3v) is 3.66. The van der Waals surface area contributed by atoms with Gasteiger partial charge in [-0.05, 0) is 36.4 Å². The van der Waals surface area contributed by atoms with E-state index in [9.17, 15) is 4.79 Å². The normalized spacial score (nSPS) is 10.9. The van der Waals surface area contributed by atoms with Gasteiger partial charge in [-0.1, -0.05) is 57.3 Å². The predicted octanol–water partition coefficient (Wildman–Crippen LogP) is 5.65. The summed E-state index contributed by atoms with van der Waals surface area (Å²) in [5.41, 5.74) is 1.25. The lowest BCUT2D eigenvalue weighted by Crippen LogP contribution is -1.93. The van der Waals surface area contributed by atoms with Crippen molar-refractivity contribution in [2.75, 3.05) is 0 Å². The highest BCUT2D eigenvalue weighted by molar-refractivity contribution is 9.10. The summed E-state index contributed by atoms with van der Waals surface area (Å²) in [6, 6.07) is 12.4. The molecular formula is C15H9BrCl2O. The van der Waals surface area contributed by atoms with Crippen LogP contribution in [0.2, 0.25) is 10.0 Å². The molecule has 96 valence electrons. The fourth-order valence-corrected chi connectivity index (χ4v) is 2.49.